The molecule has 8 heteroatoms. The van der Waals surface area contributed by atoms with Crippen molar-refractivity contribution in [2.45, 2.75) is 0 Å². The van der Waals surface area contributed by atoms with Crippen molar-refractivity contribution in [1.29, 1.82) is 0 Å². The summed E-state index contributed by atoms with van der Waals surface area (Å²) in [6, 6.07) is 7.38. The van der Waals surface area contributed by atoms with E-state index in [4.69, 9.17) is 9.47 Å². The molecule has 28 heavy (non-hydrogen) atoms. The number of likely N-dealkylation sites (N-methyl/N-ethyl adjacent to an activating group) is 1. The lowest BCUT2D eigenvalue weighted by Crippen LogP contribution is -2.45. The number of benzene rings is 1. The Kier molecular flexibility index (Phi) is 4.87. The molecule has 1 aliphatic heterocycles. The Balaban J connectivity index is 1.80. The molecule has 8 nitrogen and oxygen atoms in total. The van der Waals surface area contributed by atoms with Crippen LogP contribution in [0.5, 0.6) is 11.5 Å². The molecular weight excluding hydrogens is 358 g/mol. The van der Waals surface area contributed by atoms with E-state index in [2.05, 4.69) is 31.8 Å². The van der Waals surface area contributed by atoms with Crippen molar-refractivity contribution in [3.05, 3.63) is 40.8 Å². The fourth-order valence-electron chi connectivity index (χ4n) is 3.46. The summed E-state index contributed by atoms with van der Waals surface area (Å²) in [6.45, 7) is 3.50. The van der Waals surface area contributed by atoms with Gasteiger partial charge in [-0.15, -0.1) is 0 Å². The molecule has 0 atom stereocenters. The van der Waals surface area contributed by atoms with Gasteiger partial charge in [0.2, 0.25) is 5.95 Å². The van der Waals surface area contributed by atoms with Gasteiger partial charge in [-0.1, -0.05) is 6.07 Å². The number of H-pyrrole nitrogens is 1. The minimum Gasteiger partial charge on any atom is -0.493 e. The van der Waals surface area contributed by atoms with Gasteiger partial charge in [-0.2, -0.15) is 4.98 Å². The number of rotatable bonds is 4. The highest BCUT2D eigenvalue weighted by Gasteiger charge is 2.19. The maximum atomic E-state index is 12.9. The molecule has 0 bridgehead atoms. The zero-order chi connectivity index (χ0) is 19.7. The van der Waals surface area contributed by atoms with Gasteiger partial charge in [0, 0.05) is 32.4 Å². The Morgan fingerprint density at radius 2 is 1.79 bits per heavy atom. The second-order valence-corrected chi connectivity index (χ2v) is 6.81. The fraction of sp³-hybridized carbons (Fsp3) is 0.350. The number of ether oxygens (including phenoxy) is 2. The Morgan fingerprint density at radius 1 is 1.04 bits per heavy atom. The summed E-state index contributed by atoms with van der Waals surface area (Å²) in [7, 11) is 5.27. The van der Waals surface area contributed by atoms with Gasteiger partial charge in [0.25, 0.3) is 5.56 Å². The molecule has 0 unspecified atom stereocenters. The van der Waals surface area contributed by atoms with Crippen LogP contribution < -0.4 is 19.9 Å². The minimum atomic E-state index is -0.197. The summed E-state index contributed by atoms with van der Waals surface area (Å²) in [5, 5.41) is 0.465. The maximum absolute atomic E-state index is 12.9. The summed E-state index contributed by atoms with van der Waals surface area (Å²) >= 11 is 0. The van der Waals surface area contributed by atoms with E-state index in [0.717, 1.165) is 37.3 Å². The highest BCUT2D eigenvalue weighted by molar-refractivity contribution is 5.92. The summed E-state index contributed by atoms with van der Waals surface area (Å²) in [6.07, 6.45) is 1.68. The number of nitrogens with one attached hydrogen (secondary N) is 1. The lowest BCUT2D eigenvalue weighted by Gasteiger charge is -2.32. The summed E-state index contributed by atoms with van der Waals surface area (Å²) in [4.78, 5) is 29.2. The van der Waals surface area contributed by atoms with E-state index in [0.29, 0.717) is 28.5 Å². The van der Waals surface area contributed by atoms with Crippen molar-refractivity contribution in [3.8, 4) is 22.6 Å². The number of hydrogen-bond acceptors (Lipinski definition) is 7. The monoisotopic (exact) mass is 381 g/mol. The molecule has 1 saturated heterocycles. The lowest BCUT2D eigenvalue weighted by molar-refractivity contribution is 0.311. The van der Waals surface area contributed by atoms with E-state index in [1.165, 1.54) is 0 Å². The summed E-state index contributed by atoms with van der Waals surface area (Å²) < 4.78 is 10.7. The molecule has 1 fully saturated rings. The Morgan fingerprint density at radius 3 is 2.50 bits per heavy atom. The van der Waals surface area contributed by atoms with Crippen molar-refractivity contribution in [2.24, 2.45) is 0 Å². The van der Waals surface area contributed by atoms with E-state index < -0.39 is 0 Å². The van der Waals surface area contributed by atoms with E-state index in [1.54, 1.807) is 20.4 Å². The van der Waals surface area contributed by atoms with Crippen LogP contribution in [-0.4, -0.2) is 67.3 Å². The third kappa shape index (κ3) is 3.27. The number of nitrogens with zero attached hydrogens (tertiary/aromatic N) is 4. The van der Waals surface area contributed by atoms with Gasteiger partial charge < -0.3 is 19.3 Å². The van der Waals surface area contributed by atoms with Crippen molar-refractivity contribution >= 4 is 17.0 Å². The predicted molar refractivity (Wildman–Crippen MR) is 108 cm³/mol. The average molecular weight is 381 g/mol. The van der Waals surface area contributed by atoms with Crippen LogP contribution in [0.15, 0.2) is 35.3 Å². The van der Waals surface area contributed by atoms with Gasteiger partial charge in [0.15, 0.2) is 17.1 Å². The zero-order valence-electron chi connectivity index (χ0n) is 16.2. The van der Waals surface area contributed by atoms with Gasteiger partial charge in [-0.05, 0) is 36.4 Å². The second kappa shape index (κ2) is 7.47. The minimum absolute atomic E-state index is 0.197. The lowest BCUT2D eigenvalue weighted by atomic mass is 10.0. The number of fused-ring (bicyclic) bond motifs is 1. The smallest absolute Gasteiger partial charge is 0.262 e. The molecule has 0 spiro atoms. The number of anilines is 1. The molecule has 1 aromatic carbocycles. The van der Waals surface area contributed by atoms with Crippen LogP contribution in [0, 0.1) is 0 Å². The number of hydrogen-bond donors (Lipinski definition) is 1. The first-order valence-electron chi connectivity index (χ1n) is 9.15. The highest BCUT2D eigenvalue weighted by atomic mass is 16.5. The molecule has 3 aromatic rings. The van der Waals surface area contributed by atoms with Crippen LogP contribution >= 0.6 is 0 Å². The molecular formula is C20H23N5O3. The first kappa shape index (κ1) is 18.2. The molecule has 0 aliphatic carbocycles. The van der Waals surface area contributed by atoms with E-state index in [-0.39, 0.29) is 5.56 Å². The quantitative estimate of drug-likeness (QED) is 0.737. The Hall–Kier alpha value is -3.13. The molecule has 146 valence electrons. The summed E-state index contributed by atoms with van der Waals surface area (Å²) in [5.74, 6) is 1.81. The van der Waals surface area contributed by atoms with Gasteiger partial charge in [0.1, 0.15) is 0 Å². The van der Waals surface area contributed by atoms with Gasteiger partial charge in [-0.3, -0.25) is 9.78 Å². The van der Waals surface area contributed by atoms with Crippen molar-refractivity contribution in [1.82, 2.24) is 19.9 Å². The first-order chi connectivity index (χ1) is 13.6. The van der Waals surface area contributed by atoms with Crippen LogP contribution in [-0.2, 0) is 0 Å². The molecule has 2 aromatic heterocycles. The fourth-order valence-corrected chi connectivity index (χ4v) is 3.46. The first-order valence-corrected chi connectivity index (χ1v) is 9.15. The highest BCUT2D eigenvalue weighted by Crippen LogP contribution is 2.34. The van der Waals surface area contributed by atoms with Crippen LogP contribution in [0.2, 0.25) is 0 Å². The molecule has 3 heterocycles. The SMILES string of the molecule is COc1ccc(-c2ccnc3nc(N4CCN(C)CC4)[nH]c(=O)c23)cc1OC. The van der Waals surface area contributed by atoms with E-state index in [1.807, 2.05) is 24.3 Å². The largest absolute Gasteiger partial charge is 0.493 e. The molecule has 0 amide bonds. The number of piperazine rings is 1. The van der Waals surface area contributed by atoms with Crippen molar-refractivity contribution in [3.63, 3.8) is 0 Å². The van der Waals surface area contributed by atoms with Crippen LogP contribution in [0.25, 0.3) is 22.2 Å². The third-order valence-electron chi connectivity index (χ3n) is 5.09. The van der Waals surface area contributed by atoms with Gasteiger partial charge in [-0.25, -0.2) is 4.98 Å². The Labute approximate surface area is 162 Å². The topological polar surface area (TPSA) is 83.6 Å². The summed E-state index contributed by atoms with van der Waals surface area (Å²) in [5.41, 5.74) is 1.83. The Bertz CT molecular complexity index is 1060. The average Bonchev–Trinajstić information content (AvgIpc) is 2.73. The second-order valence-electron chi connectivity index (χ2n) is 6.81. The molecule has 1 aliphatic rings. The van der Waals surface area contributed by atoms with Gasteiger partial charge in [0.05, 0.1) is 19.6 Å². The van der Waals surface area contributed by atoms with Crippen molar-refractivity contribution in [2.75, 3.05) is 52.3 Å². The molecule has 4 rings (SSSR count). The molecule has 1 N–H and O–H groups in total. The van der Waals surface area contributed by atoms with Crippen molar-refractivity contribution < 1.29 is 9.47 Å². The predicted octanol–water partition coefficient (Wildman–Crippen LogP) is 1.75. The zero-order valence-corrected chi connectivity index (χ0v) is 16.2. The number of aromatic amines is 1. The standard InChI is InChI=1S/C20H23N5O3/c1-24-8-10-25(11-9-24)20-22-18-17(19(26)23-20)14(6-7-21-18)13-4-5-15(27-2)16(12-13)28-3/h4-7,12H,8-11H2,1-3H3,(H,21,22,23,26). The number of pyridine rings is 1. The molecule has 0 radical (unpaired) electrons. The normalized spacial score (nSPS) is 15.0. The van der Waals surface area contributed by atoms with Gasteiger partial charge >= 0.3 is 0 Å². The molecule has 0 saturated carbocycles. The van der Waals surface area contributed by atoms with Crippen LogP contribution in [0.3, 0.4) is 0 Å². The third-order valence-corrected chi connectivity index (χ3v) is 5.09. The van der Waals surface area contributed by atoms with Crippen LogP contribution in [0.1, 0.15) is 0 Å². The van der Waals surface area contributed by atoms with Crippen LogP contribution in [0.4, 0.5) is 5.95 Å². The number of aromatic nitrogens is 3. The van der Waals surface area contributed by atoms with E-state index in [9.17, 15) is 4.79 Å². The van der Waals surface area contributed by atoms with E-state index >= 15 is 0 Å². The number of methoxy groups -OCH3 is 2. The maximum Gasteiger partial charge on any atom is 0.262 e.